The van der Waals surface area contributed by atoms with E-state index in [1.54, 1.807) is 18.3 Å². The number of fused-ring (bicyclic) bond motifs is 2. The predicted octanol–water partition coefficient (Wildman–Crippen LogP) is 4.35. The van der Waals surface area contributed by atoms with Crippen molar-refractivity contribution in [3.63, 3.8) is 0 Å². The molecule has 10 heteroatoms. The van der Waals surface area contributed by atoms with Gasteiger partial charge in [0.15, 0.2) is 9.84 Å². The number of nitrogens with one attached hydrogen (secondary N) is 1. The third kappa shape index (κ3) is 5.94. The molecule has 0 aliphatic carbocycles. The van der Waals surface area contributed by atoms with Gasteiger partial charge in [-0.05, 0) is 81.1 Å². The Morgan fingerprint density at radius 1 is 1.00 bits per heavy atom. The normalized spacial score (nSPS) is 20.3. The van der Waals surface area contributed by atoms with Crippen LogP contribution >= 0.6 is 0 Å². The second kappa shape index (κ2) is 11.2. The number of anilines is 1. The maximum atomic E-state index is 12.9. The smallest absolute Gasteiger partial charge is 0.251 e. The van der Waals surface area contributed by atoms with Gasteiger partial charge in [-0.25, -0.2) is 18.4 Å². The minimum atomic E-state index is -3.38. The number of aryl methyl sites for hydroxylation is 1. The van der Waals surface area contributed by atoms with Crippen molar-refractivity contribution in [2.24, 2.45) is 0 Å². The first-order valence-electron chi connectivity index (χ1n) is 14.0. The standard InChI is InChI=1S/C31H33N5O4S/c1-20-18-36(19-21(2)40-20)30-8-5-7-26(35-30)27-12-11-24-16-32-25(15-28(24)34-27)17-33-31(37)23-10-9-22-6-3-4-13-41(38,39)29(22)14-23/h5,7-12,14-16,20-21H,3-4,6,13,17-19H2,1-2H3,(H,33,37)/t20-,21+. The molecule has 0 bridgehead atoms. The number of carbonyl (C=O) groups excluding carboxylic acids is 1. The predicted molar refractivity (Wildman–Crippen MR) is 158 cm³/mol. The summed E-state index contributed by atoms with van der Waals surface area (Å²) in [6, 6.07) is 16.7. The number of hydrogen-bond acceptors (Lipinski definition) is 8. The van der Waals surface area contributed by atoms with Gasteiger partial charge in [-0.1, -0.05) is 12.1 Å². The zero-order valence-corrected chi connectivity index (χ0v) is 24.0. The number of rotatable bonds is 5. The van der Waals surface area contributed by atoms with Crippen LogP contribution in [0.15, 0.2) is 65.7 Å². The van der Waals surface area contributed by atoms with Crippen LogP contribution in [0.2, 0.25) is 0 Å². The summed E-state index contributed by atoms with van der Waals surface area (Å²) >= 11 is 0. The van der Waals surface area contributed by atoms with Crippen LogP contribution in [-0.2, 0) is 27.5 Å². The molecule has 6 rings (SSSR count). The van der Waals surface area contributed by atoms with Crippen LogP contribution in [0.5, 0.6) is 0 Å². The largest absolute Gasteiger partial charge is 0.372 e. The molecule has 0 spiro atoms. The first kappa shape index (κ1) is 27.3. The summed E-state index contributed by atoms with van der Waals surface area (Å²) in [4.78, 5) is 29.7. The lowest BCUT2D eigenvalue weighted by Gasteiger charge is -2.36. The fraction of sp³-hybridized carbons (Fsp3) is 0.355. The van der Waals surface area contributed by atoms with Gasteiger partial charge in [-0.2, -0.15) is 0 Å². The first-order valence-corrected chi connectivity index (χ1v) is 15.7. The molecule has 2 aliphatic heterocycles. The average molecular weight is 572 g/mol. The fourth-order valence-electron chi connectivity index (χ4n) is 5.59. The van der Waals surface area contributed by atoms with Crippen molar-refractivity contribution in [1.29, 1.82) is 0 Å². The highest BCUT2D eigenvalue weighted by Crippen LogP contribution is 2.26. The molecule has 3 aromatic heterocycles. The molecule has 1 saturated heterocycles. The number of benzene rings is 1. The van der Waals surface area contributed by atoms with Crippen LogP contribution < -0.4 is 10.2 Å². The number of ether oxygens (including phenoxy) is 1. The van der Waals surface area contributed by atoms with E-state index in [1.807, 2.05) is 36.4 Å². The lowest BCUT2D eigenvalue weighted by molar-refractivity contribution is -0.00545. The molecular formula is C31H33N5O4S. The van der Waals surface area contributed by atoms with Crippen molar-refractivity contribution >= 4 is 32.5 Å². The fourth-order valence-corrected chi connectivity index (χ4v) is 7.27. The molecule has 5 heterocycles. The molecule has 2 atom stereocenters. The van der Waals surface area contributed by atoms with Crippen LogP contribution in [-0.4, -0.2) is 60.3 Å². The SMILES string of the molecule is C[C@@H]1CN(c2cccc(-c3ccc4cnc(CNC(=O)c5ccc6c(c5)S(=O)(=O)CCCC6)cc4n3)n2)C[C@H](C)O1. The van der Waals surface area contributed by atoms with Gasteiger partial charge in [0, 0.05) is 30.2 Å². The van der Waals surface area contributed by atoms with Gasteiger partial charge in [0.1, 0.15) is 5.82 Å². The maximum Gasteiger partial charge on any atom is 0.251 e. The lowest BCUT2D eigenvalue weighted by atomic mass is 10.1. The Morgan fingerprint density at radius 3 is 2.63 bits per heavy atom. The quantitative estimate of drug-likeness (QED) is 0.376. The zero-order valence-electron chi connectivity index (χ0n) is 23.2. The molecule has 9 nitrogen and oxygen atoms in total. The Hall–Kier alpha value is -3.89. The van der Waals surface area contributed by atoms with Crippen molar-refractivity contribution in [2.75, 3.05) is 23.7 Å². The Bertz CT molecular complexity index is 1720. The number of morpholine rings is 1. The zero-order chi connectivity index (χ0) is 28.6. The van der Waals surface area contributed by atoms with E-state index in [2.05, 4.69) is 29.0 Å². The molecule has 1 amide bonds. The molecular weight excluding hydrogens is 538 g/mol. The molecule has 0 unspecified atom stereocenters. The molecule has 1 N–H and O–H groups in total. The third-order valence-electron chi connectivity index (χ3n) is 7.57. The van der Waals surface area contributed by atoms with E-state index < -0.39 is 9.84 Å². The molecule has 1 fully saturated rings. The van der Waals surface area contributed by atoms with Gasteiger partial charge in [-0.15, -0.1) is 0 Å². The second-order valence-corrected chi connectivity index (χ2v) is 13.0. The molecule has 212 valence electrons. The highest BCUT2D eigenvalue weighted by molar-refractivity contribution is 7.91. The molecule has 41 heavy (non-hydrogen) atoms. The summed E-state index contributed by atoms with van der Waals surface area (Å²) in [5.74, 6) is 0.672. The number of amides is 1. The average Bonchev–Trinajstić information content (AvgIpc) is 3.12. The van der Waals surface area contributed by atoms with Crippen LogP contribution in [0.1, 0.15) is 48.3 Å². The molecule has 0 radical (unpaired) electrons. The minimum Gasteiger partial charge on any atom is -0.372 e. The van der Waals surface area contributed by atoms with Gasteiger partial charge in [0.2, 0.25) is 0 Å². The van der Waals surface area contributed by atoms with E-state index >= 15 is 0 Å². The number of hydrogen-bond donors (Lipinski definition) is 1. The minimum absolute atomic E-state index is 0.118. The van der Waals surface area contributed by atoms with E-state index in [4.69, 9.17) is 14.7 Å². The van der Waals surface area contributed by atoms with Gasteiger partial charge in [0.25, 0.3) is 5.91 Å². The molecule has 4 aromatic rings. The lowest BCUT2D eigenvalue weighted by Crippen LogP contribution is -2.45. The molecule has 1 aromatic carbocycles. The third-order valence-corrected chi connectivity index (χ3v) is 9.45. The topological polar surface area (TPSA) is 114 Å². The van der Waals surface area contributed by atoms with Gasteiger partial charge in [0.05, 0.1) is 52.0 Å². The summed E-state index contributed by atoms with van der Waals surface area (Å²) in [5, 5.41) is 3.76. The van der Waals surface area contributed by atoms with Crippen molar-refractivity contribution in [2.45, 2.75) is 56.8 Å². The summed E-state index contributed by atoms with van der Waals surface area (Å²) in [6.45, 7) is 5.90. The summed E-state index contributed by atoms with van der Waals surface area (Å²) in [6.07, 6.45) is 4.18. The Kier molecular flexibility index (Phi) is 7.44. The summed E-state index contributed by atoms with van der Waals surface area (Å²) < 4.78 is 31.2. The Morgan fingerprint density at radius 2 is 1.80 bits per heavy atom. The van der Waals surface area contributed by atoms with E-state index in [0.717, 1.165) is 53.2 Å². The van der Waals surface area contributed by atoms with E-state index in [0.29, 0.717) is 24.1 Å². The highest BCUT2D eigenvalue weighted by atomic mass is 32.2. The number of nitrogens with zero attached hydrogens (tertiary/aromatic N) is 4. The number of aromatic nitrogens is 3. The van der Waals surface area contributed by atoms with Crippen LogP contribution in [0.3, 0.4) is 0 Å². The number of pyridine rings is 3. The highest BCUT2D eigenvalue weighted by Gasteiger charge is 2.24. The van der Waals surface area contributed by atoms with Gasteiger partial charge < -0.3 is 15.0 Å². The van der Waals surface area contributed by atoms with Crippen LogP contribution in [0, 0.1) is 0 Å². The summed E-state index contributed by atoms with van der Waals surface area (Å²) in [7, 11) is -3.38. The van der Waals surface area contributed by atoms with E-state index in [-0.39, 0.29) is 35.3 Å². The van der Waals surface area contributed by atoms with Gasteiger partial charge in [-0.3, -0.25) is 9.78 Å². The van der Waals surface area contributed by atoms with Crippen molar-refractivity contribution in [1.82, 2.24) is 20.3 Å². The number of sulfone groups is 1. The van der Waals surface area contributed by atoms with Gasteiger partial charge >= 0.3 is 0 Å². The van der Waals surface area contributed by atoms with Crippen LogP contribution in [0.4, 0.5) is 5.82 Å². The maximum absolute atomic E-state index is 12.9. The summed E-state index contributed by atoms with van der Waals surface area (Å²) in [5.41, 5.74) is 4.04. The van der Waals surface area contributed by atoms with E-state index in [1.165, 1.54) is 6.07 Å². The van der Waals surface area contributed by atoms with Crippen LogP contribution in [0.25, 0.3) is 22.3 Å². The molecule has 0 saturated carbocycles. The van der Waals surface area contributed by atoms with E-state index in [9.17, 15) is 13.2 Å². The number of carbonyl (C=O) groups is 1. The van der Waals surface area contributed by atoms with Crippen molar-refractivity contribution in [3.8, 4) is 11.4 Å². The Labute approximate surface area is 239 Å². The second-order valence-electron chi connectivity index (χ2n) is 10.9. The Balaban J connectivity index is 1.19. The first-order chi connectivity index (χ1) is 19.7. The molecule has 2 aliphatic rings. The monoisotopic (exact) mass is 571 g/mol. The van der Waals surface area contributed by atoms with Crippen molar-refractivity contribution < 1.29 is 17.9 Å². The van der Waals surface area contributed by atoms with Crippen molar-refractivity contribution in [3.05, 3.63) is 77.6 Å².